The minimum Gasteiger partial charge on any atom is -0.330 e. The first-order valence-electron chi connectivity index (χ1n) is 13.0. The van der Waals surface area contributed by atoms with Crippen LogP contribution in [0.15, 0.2) is 60.0 Å². The second kappa shape index (κ2) is 11.1. The van der Waals surface area contributed by atoms with Gasteiger partial charge in [-0.1, -0.05) is 65.0 Å². The van der Waals surface area contributed by atoms with Crippen molar-refractivity contribution in [3.8, 4) is 0 Å². The standard InChI is InChI=1S/C30H35N3O4S/c1-20(2)18-31(29(35)22-7-6-8-24(17-22)33(36)37)19-27(34)32-15-13-26-25(14-16-38-26)28(32)21-9-11-23(12-10-21)30(3,4)5/h6-12,14,16-17,20,28H,13,15,18-19H2,1-5H3. The number of carbonyl (C=O) groups is 2. The van der Waals surface area contributed by atoms with Gasteiger partial charge in [-0.3, -0.25) is 19.7 Å². The van der Waals surface area contributed by atoms with Crippen LogP contribution in [0.25, 0.3) is 0 Å². The first-order chi connectivity index (χ1) is 18.0. The number of fused-ring (bicyclic) bond motifs is 1. The smallest absolute Gasteiger partial charge is 0.270 e. The monoisotopic (exact) mass is 533 g/mol. The zero-order chi connectivity index (χ0) is 27.6. The highest BCUT2D eigenvalue weighted by molar-refractivity contribution is 7.10. The highest BCUT2D eigenvalue weighted by Crippen LogP contribution is 2.38. The number of nitrogens with zero attached hydrogens (tertiary/aromatic N) is 3. The fraction of sp³-hybridized carbons (Fsp3) is 0.400. The Labute approximate surface area is 228 Å². The number of nitro benzene ring substituents is 1. The third kappa shape index (κ3) is 5.96. The number of thiophene rings is 1. The number of benzene rings is 2. The molecule has 2 heterocycles. The molecule has 0 fully saturated rings. The lowest BCUT2D eigenvalue weighted by Gasteiger charge is -2.38. The Kier molecular flexibility index (Phi) is 8.02. The van der Waals surface area contributed by atoms with E-state index < -0.39 is 4.92 Å². The van der Waals surface area contributed by atoms with Gasteiger partial charge in [0.25, 0.3) is 11.6 Å². The highest BCUT2D eigenvalue weighted by atomic mass is 32.1. The SMILES string of the molecule is CC(C)CN(CC(=O)N1CCc2sccc2C1c1ccc(C(C)(C)C)cc1)C(=O)c1cccc([N+](=O)[O-])c1. The van der Waals surface area contributed by atoms with E-state index in [0.29, 0.717) is 13.1 Å². The van der Waals surface area contributed by atoms with Gasteiger partial charge in [-0.05, 0) is 52.0 Å². The summed E-state index contributed by atoms with van der Waals surface area (Å²) in [5, 5.41) is 13.3. The molecule has 3 aromatic rings. The maximum atomic E-state index is 13.9. The van der Waals surface area contributed by atoms with Crippen LogP contribution in [0.5, 0.6) is 0 Å². The van der Waals surface area contributed by atoms with Gasteiger partial charge in [0, 0.05) is 35.7 Å². The van der Waals surface area contributed by atoms with E-state index >= 15 is 0 Å². The van der Waals surface area contributed by atoms with Gasteiger partial charge in [-0.15, -0.1) is 11.3 Å². The first kappa shape index (κ1) is 27.5. The summed E-state index contributed by atoms with van der Waals surface area (Å²) in [6.07, 6.45) is 0.776. The third-order valence-corrected chi connectivity index (χ3v) is 7.88. The van der Waals surface area contributed by atoms with Crippen LogP contribution in [0.4, 0.5) is 5.69 Å². The lowest BCUT2D eigenvalue weighted by atomic mass is 9.85. The molecule has 0 saturated carbocycles. The molecule has 0 radical (unpaired) electrons. The number of rotatable bonds is 7. The van der Waals surface area contributed by atoms with Crippen LogP contribution in [0, 0.1) is 16.0 Å². The highest BCUT2D eigenvalue weighted by Gasteiger charge is 2.34. The zero-order valence-corrected chi connectivity index (χ0v) is 23.5. The predicted molar refractivity (Wildman–Crippen MR) is 151 cm³/mol. The van der Waals surface area contributed by atoms with Gasteiger partial charge in [0.05, 0.1) is 11.0 Å². The van der Waals surface area contributed by atoms with Crippen molar-refractivity contribution in [2.75, 3.05) is 19.6 Å². The Morgan fingerprint density at radius 2 is 1.84 bits per heavy atom. The van der Waals surface area contributed by atoms with Gasteiger partial charge in [0.1, 0.15) is 6.54 Å². The first-order valence-corrected chi connectivity index (χ1v) is 13.8. The molecule has 2 aromatic carbocycles. The van der Waals surface area contributed by atoms with Gasteiger partial charge in [0.15, 0.2) is 0 Å². The number of non-ortho nitro benzene ring substituents is 1. The van der Waals surface area contributed by atoms with Crippen molar-refractivity contribution >= 4 is 28.8 Å². The molecule has 1 aromatic heterocycles. The summed E-state index contributed by atoms with van der Waals surface area (Å²) in [7, 11) is 0. The van der Waals surface area contributed by atoms with E-state index in [4.69, 9.17) is 0 Å². The number of hydrogen-bond acceptors (Lipinski definition) is 5. The van der Waals surface area contributed by atoms with Crippen molar-refractivity contribution in [1.82, 2.24) is 9.80 Å². The Morgan fingerprint density at radius 3 is 2.47 bits per heavy atom. The summed E-state index contributed by atoms with van der Waals surface area (Å²) in [4.78, 5) is 42.7. The molecule has 1 aliphatic heterocycles. The van der Waals surface area contributed by atoms with Gasteiger partial charge in [-0.2, -0.15) is 0 Å². The van der Waals surface area contributed by atoms with Crippen molar-refractivity contribution in [2.24, 2.45) is 5.92 Å². The van der Waals surface area contributed by atoms with Crippen LogP contribution in [0.2, 0.25) is 0 Å². The van der Waals surface area contributed by atoms with Crippen LogP contribution in [-0.2, 0) is 16.6 Å². The molecule has 38 heavy (non-hydrogen) atoms. The van der Waals surface area contributed by atoms with Gasteiger partial charge >= 0.3 is 0 Å². The molecule has 200 valence electrons. The van der Waals surface area contributed by atoms with E-state index in [1.165, 1.54) is 33.5 Å². The lowest BCUT2D eigenvalue weighted by molar-refractivity contribution is -0.384. The average molecular weight is 534 g/mol. The topological polar surface area (TPSA) is 83.8 Å². The maximum absolute atomic E-state index is 13.9. The zero-order valence-electron chi connectivity index (χ0n) is 22.6. The summed E-state index contributed by atoms with van der Waals surface area (Å²) in [5.74, 6) is -0.391. The maximum Gasteiger partial charge on any atom is 0.270 e. The Hall–Kier alpha value is -3.52. The largest absolute Gasteiger partial charge is 0.330 e. The quantitative estimate of drug-likeness (QED) is 0.266. The molecule has 0 bridgehead atoms. The van der Waals surface area contributed by atoms with Gasteiger partial charge in [-0.25, -0.2) is 0 Å². The van der Waals surface area contributed by atoms with Crippen molar-refractivity contribution in [3.05, 3.63) is 97.2 Å². The van der Waals surface area contributed by atoms with E-state index in [2.05, 4.69) is 56.5 Å². The van der Waals surface area contributed by atoms with E-state index in [1.807, 2.05) is 18.7 Å². The molecular weight excluding hydrogens is 498 g/mol. The predicted octanol–water partition coefficient (Wildman–Crippen LogP) is 6.23. The van der Waals surface area contributed by atoms with Crippen LogP contribution in [0.1, 0.15) is 72.6 Å². The Balaban J connectivity index is 1.63. The summed E-state index contributed by atoms with van der Waals surface area (Å²) in [6, 6.07) is 16.1. The van der Waals surface area contributed by atoms with Gasteiger partial charge in [0.2, 0.25) is 5.91 Å². The van der Waals surface area contributed by atoms with Gasteiger partial charge < -0.3 is 9.80 Å². The van der Waals surface area contributed by atoms with Crippen LogP contribution in [-0.4, -0.2) is 46.2 Å². The summed E-state index contributed by atoms with van der Waals surface area (Å²) >= 11 is 1.72. The molecule has 1 aliphatic rings. The minimum atomic E-state index is -0.517. The number of hydrogen-bond donors (Lipinski definition) is 0. The molecular formula is C30H35N3O4S. The third-order valence-electron chi connectivity index (χ3n) is 6.88. The molecule has 7 nitrogen and oxygen atoms in total. The number of amides is 2. The minimum absolute atomic E-state index is 0.0262. The van der Waals surface area contributed by atoms with Crippen LogP contribution in [0.3, 0.4) is 0 Å². The van der Waals surface area contributed by atoms with Crippen molar-refractivity contribution < 1.29 is 14.5 Å². The molecule has 1 unspecified atom stereocenters. The number of carbonyl (C=O) groups excluding carboxylic acids is 2. The summed E-state index contributed by atoms with van der Waals surface area (Å²) in [6.45, 7) is 11.3. The molecule has 0 spiro atoms. The molecule has 2 amide bonds. The van der Waals surface area contributed by atoms with E-state index in [0.717, 1.165) is 17.5 Å². The molecule has 1 atom stereocenters. The summed E-state index contributed by atoms with van der Waals surface area (Å²) in [5.41, 5.74) is 3.50. The van der Waals surface area contributed by atoms with E-state index in [1.54, 1.807) is 17.4 Å². The molecule has 8 heteroatoms. The Bertz CT molecular complexity index is 1320. The lowest BCUT2D eigenvalue weighted by Crippen LogP contribution is -2.47. The summed E-state index contributed by atoms with van der Waals surface area (Å²) < 4.78 is 0. The molecule has 0 saturated heterocycles. The molecule has 4 rings (SSSR count). The fourth-order valence-electron chi connectivity index (χ4n) is 4.96. The van der Waals surface area contributed by atoms with Crippen molar-refractivity contribution in [1.29, 1.82) is 0 Å². The average Bonchev–Trinajstić information content (AvgIpc) is 3.35. The second-order valence-electron chi connectivity index (χ2n) is 11.3. The fourth-order valence-corrected chi connectivity index (χ4v) is 5.86. The van der Waals surface area contributed by atoms with Crippen molar-refractivity contribution in [2.45, 2.75) is 52.5 Å². The molecule has 0 aliphatic carbocycles. The normalized spacial score (nSPS) is 15.3. The van der Waals surface area contributed by atoms with E-state index in [9.17, 15) is 19.7 Å². The molecule has 0 N–H and O–H groups in total. The van der Waals surface area contributed by atoms with Crippen molar-refractivity contribution in [3.63, 3.8) is 0 Å². The van der Waals surface area contributed by atoms with Crippen LogP contribution >= 0.6 is 11.3 Å². The second-order valence-corrected chi connectivity index (χ2v) is 12.3. The number of nitro groups is 1. The Morgan fingerprint density at radius 1 is 1.13 bits per heavy atom. The van der Waals surface area contributed by atoms with E-state index in [-0.39, 0.29) is 47.0 Å². The van der Waals surface area contributed by atoms with Crippen LogP contribution < -0.4 is 0 Å².